The number of halogens is 3. The van der Waals surface area contributed by atoms with Crippen molar-refractivity contribution in [3.63, 3.8) is 0 Å². The summed E-state index contributed by atoms with van der Waals surface area (Å²) < 4.78 is 44.4. The number of aromatic nitrogens is 2. The second kappa shape index (κ2) is 11.3. The molecule has 0 unspecified atom stereocenters. The number of anilines is 2. The Morgan fingerprint density at radius 1 is 0.949 bits per heavy atom. The van der Waals surface area contributed by atoms with Gasteiger partial charge in [0.05, 0.1) is 10.9 Å². The Hall–Kier alpha value is -4.14. The first kappa shape index (κ1) is 26.5. The van der Waals surface area contributed by atoms with E-state index >= 15 is 0 Å². The molecule has 0 aliphatic heterocycles. The van der Waals surface area contributed by atoms with Crippen LogP contribution in [0.25, 0.3) is 16.7 Å². The van der Waals surface area contributed by atoms with Gasteiger partial charge in [0.25, 0.3) is 0 Å². The number of benzene rings is 2. The van der Waals surface area contributed by atoms with Crippen molar-refractivity contribution >= 4 is 28.4 Å². The highest BCUT2D eigenvalue weighted by atomic mass is 19.4. The molecule has 6 nitrogen and oxygen atoms in total. The van der Waals surface area contributed by atoms with Crippen LogP contribution in [0, 0.1) is 0 Å². The zero-order valence-electron chi connectivity index (χ0n) is 21.3. The van der Waals surface area contributed by atoms with Crippen molar-refractivity contribution in [2.75, 3.05) is 5.32 Å². The summed E-state index contributed by atoms with van der Waals surface area (Å²) in [6.07, 6.45) is 0.323. The molecule has 2 aromatic carbocycles. The summed E-state index contributed by atoms with van der Waals surface area (Å²) in [6, 6.07) is 20.0. The third-order valence-corrected chi connectivity index (χ3v) is 6.96. The van der Waals surface area contributed by atoms with Crippen LogP contribution in [-0.2, 0) is 17.4 Å². The Labute approximate surface area is 223 Å². The Morgan fingerprint density at radius 2 is 1.62 bits per heavy atom. The standard InChI is InChI=1S/C30H29F3N4O2/c31-30(32,33)24-18-22(16-17-27(39)35-21-12-6-2-7-13-21)36-29-28(24)25(38)19-26(34-20-10-4-1-5-11-20)37(29)23-14-8-3-9-15-23/h1,3-5,8-11,14-15,18-19,21,34H,2,6-7,12-13,16-17H2,(H,35,39). The fraction of sp³-hybridized carbons (Fsp3) is 0.300. The number of hydrogen-bond acceptors (Lipinski definition) is 4. The fourth-order valence-electron chi connectivity index (χ4n) is 5.10. The molecule has 39 heavy (non-hydrogen) atoms. The lowest BCUT2D eigenvalue weighted by molar-refractivity contribution is -0.136. The van der Waals surface area contributed by atoms with Crippen LogP contribution in [0.5, 0.6) is 0 Å². The van der Waals surface area contributed by atoms with Gasteiger partial charge in [0.2, 0.25) is 5.91 Å². The predicted octanol–water partition coefficient (Wildman–Crippen LogP) is 6.53. The molecule has 9 heteroatoms. The average Bonchev–Trinajstić information content (AvgIpc) is 2.93. The average molecular weight is 535 g/mol. The van der Waals surface area contributed by atoms with E-state index in [0.717, 1.165) is 44.2 Å². The van der Waals surface area contributed by atoms with E-state index in [2.05, 4.69) is 15.6 Å². The molecule has 1 amide bonds. The molecular weight excluding hydrogens is 505 g/mol. The van der Waals surface area contributed by atoms with Crippen molar-refractivity contribution in [1.29, 1.82) is 0 Å². The number of amides is 1. The lowest BCUT2D eigenvalue weighted by Crippen LogP contribution is -2.36. The van der Waals surface area contributed by atoms with E-state index in [-0.39, 0.29) is 41.9 Å². The number of hydrogen-bond donors (Lipinski definition) is 2. The predicted molar refractivity (Wildman–Crippen MR) is 145 cm³/mol. The first-order valence-corrected chi connectivity index (χ1v) is 13.1. The Balaban J connectivity index is 1.61. The Kier molecular flexibility index (Phi) is 7.67. The van der Waals surface area contributed by atoms with E-state index in [1.54, 1.807) is 42.5 Å². The maximum atomic E-state index is 14.3. The molecule has 0 radical (unpaired) electrons. The number of pyridine rings is 2. The van der Waals surface area contributed by atoms with Gasteiger partial charge in [-0.05, 0) is 49.6 Å². The summed E-state index contributed by atoms with van der Waals surface area (Å²) in [5.74, 6) is 0.0648. The molecule has 0 bridgehead atoms. The SMILES string of the molecule is O=C(CCc1cc(C(F)(F)F)c2c(=O)cc(Nc3ccccc3)n(-c3ccccc3)c2n1)NC1CCCCC1. The normalized spacial score (nSPS) is 14.3. The third kappa shape index (κ3) is 6.13. The van der Waals surface area contributed by atoms with Crippen molar-refractivity contribution in [1.82, 2.24) is 14.9 Å². The van der Waals surface area contributed by atoms with E-state index in [1.807, 2.05) is 18.2 Å². The second-order valence-electron chi connectivity index (χ2n) is 9.82. The molecule has 2 N–H and O–H groups in total. The van der Waals surface area contributed by atoms with Crippen LogP contribution in [0.15, 0.2) is 77.6 Å². The van der Waals surface area contributed by atoms with E-state index in [1.165, 1.54) is 4.57 Å². The highest BCUT2D eigenvalue weighted by Crippen LogP contribution is 2.35. The van der Waals surface area contributed by atoms with Gasteiger partial charge in [-0.15, -0.1) is 0 Å². The number of alkyl halides is 3. The largest absolute Gasteiger partial charge is 0.417 e. The van der Waals surface area contributed by atoms with Crippen LogP contribution in [-0.4, -0.2) is 21.5 Å². The molecule has 1 aliphatic rings. The number of carbonyl (C=O) groups excluding carboxylic acids is 1. The molecule has 2 aromatic heterocycles. The summed E-state index contributed by atoms with van der Waals surface area (Å²) in [4.78, 5) is 30.3. The summed E-state index contributed by atoms with van der Waals surface area (Å²) >= 11 is 0. The minimum atomic E-state index is -4.79. The molecule has 4 aromatic rings. The third-order valence-electron chi connectivity index (χ3n) is 6.96. The smallest absolute Gasteiger partial charge is 0.353 e. The Morgan fingerprint density at radius 3 is 2.28 bits per heavy atom. The molecule has 202 valence electrons. The van der Waals surface area contributed by atoms with Gasteiger partial charge < -0.3 is 10.6 Å². The van der Waals surface area contributed by atoms with Gasteiger partial charge in [-0.2, -0.15) is 13.2 Å². The Bertz CT molecular complexity index is 1510. The van der Waals surface area contributed by atoms with Crippen molar-refractivity contribution in [3.8, 4) is 5.69 Å². The summed E-state index contributed by atoms with van der Waals surface area (Å²) in [5, 5.41) is 5.64. The number of para-hydroxylation sites is 2. The van der Waals surface area contributed by atoms with Crippen LogP contribution in [0.2, 0.25) is 0 Å². The number of rotatable bonds is 7. The first-order chi connectivity index (χ1) is 18.8. The van der Waals surface area contributed by atoms with E-state index < -0.39 is 22.6 Å². The van der Waals surface area contributed by atoms with Crippen molar-refractivity contribution in [2.24, 2.45) is 0 Å². The molecule has 1 fully saturated rings. The number of nitrogens with one attached hydrogen (secondary N) is 2. The maximum Gasteiger partial charge on any atom is 0.417 e. The minimum Gasteiger partial charge on any atom is -0.353 e. The van der Waals surface area contributed by atoms with Gasteiger partial charge in [-0.1, -0.05) is 55.7 Å². The molecule has 1 aliphatic carbocycles. The molecule has 2 heterocycles. The molecule has 1 saturated carbocycles. The molecule has 0 saturated heterocycles. The van der Waals surface area contributed by atoms with Crippen LogP contribution >= 0.6 is 0 Å². The lowest BCUT2D eigenvalue weighted by Gasteiger charge is -2.23. The van der Waals surface area contributed by atoms with E-state index in [4.69, 9.17) is 0 Å². The molecular formula is C30H29F3N4O2. The maximum absolute atomic E-state index is 14.3. The monoisotopic (exact) mass is 534 g/mol. The summed E-state index contributed by atoms with van der Waals surface area (Å²) in [6.45, 7) is 0. The van der Waals surface area contributed by atoms with Gasteiger partial charge in [0.1, 0.15) is 5.82 Å². The first-order valence-electron chi connectivity index (χ1n) is 13.1. The minimum absolute atomic E-state index is 0.00380. The molecule has 0 spiro atoms. The van der Waals surface area contributed by atoms with Gasteiger partial charge in [0.15, 0.2) is 11.1 Å². The van der Waals surface area contributed by atoms with Gasteiger partial charge >= 0.3 is 6.18 Å². The van der Waals surface area contributed by atoms with E-state index in [0.29, 0.717) is 11.4 Å². The van der Waals surface area contributed by atoms with Gasteiger partial charge in [-0.3, -0.25) is 14.2 Å². The number of nitrogens with zero attached hydrogens (tertiary/aromatic N) is 2. The topological polar surface area (TPSA) is 76.0 Å². The zero-order valence-corrected chi connectivity index (χ0v) is 21.3. The number of carbonyl (C=O) groups is 1. The van der Waals surface area contributed by atoms with Crippen molar-refractivity contribution in [2.45, 2.75) is 57.2 Å². The van der Waals surface area contributed by atoms with Crippen LogP contribution < -0.4 is 16.1 Å². The van der Waals surface area contributed by atoms with Gasteiger partial charge in [0, 0.05) is 35.6 Å². The molecule has 5 rings (SSSR count). The highest BCUT2D eigenvalue weighted by Gasteiger charge is 2.35. The number of fused-ring (bicyclic) bond motifs is 1. The summed E-state index contributed by atoms with van der Waals surface area (Å²) in [7, 11) is 0. The van der Waals surface area contributed by atoms with Gasteiger partial charge in [-0.25, -0.2) is 4.98 Å². The van der Waals surface area contributed by atoms with E-state index in [9.17, 15) is 22.8 Å². The fourth-order valence-corrected chi connectivity index (χ4v) is 5.10. The lowest BCUT2D eigenvalue weighted by atomic mass is 9.95. The second-order valence-corrected chi connectivity index (χ2v) is 9.82. The van der Waals surface area contributed by atoms with Crippen LogP contribution in [0.3, 0.4) is 0 Å². The summed E-state index contributed by atoms with van der Waals surface area (Å²) in [5.41, 5.74) is -0.686. The quantitative estimate of drug-likeness (QED) is 0.283. The van der Waals surface area contributed by atoms with Crippen LogP contribution in [0.1, 0.15) is 49.8 Å². The van der Waals surface area contributed by atoms with Crippen molar-refractivity contribution < 1.29 is 18.0 Å². The highest BCUT2D eigenvalue weighted by molar-refractivity contribution is 5.85. The number of aryl methyl sites for hydroxylation is 1. The van der Waals surface area contributed by atoms with Crippen LogP contribution in [0.4, 0.5) is 24.7 Å². The zero-order chi connectivity index (χ0) is 27.4. The molecule has 0 atom stereocenters. The van der Waals surface area contributed by atoms with Crippen molar-refractivity contribution in [3.05, 3.63) is 94.3 Å².